The van der Waals surface area contributed by atoms with Crippen molar-refractivity contribution in [3.63, 3.8) is 0 Å². The lowest BCUT2D eigenvalue weighted by atomic mass is 10.1. The fourth-order valence-corrected chi connectivity index (χ4v) is 3.01. The molecule has 5 heteroatoms. The van der Waals surface area contributed by atoms with Crippen LogP contribution in [0.1, 0.15) is 38.2 Å². The molecule has 0 atom stereocenters. The lowest BCUT2D eigenvalue weighted by Gasteiger charge is -2.34. The van der Waals surface area contributed by atoms with Crippen molar-refractivity contribution in [2.24, 2.45) is 0 Å². The quantitative estimate of drug-likeness (QED) is 0.793. The van der Waals surface area contributed by atoms with Crippen molar-refractivity contribution in [3.8, 4) is 0 Å². The predicted molar refractivity (Wildman–Crippen MR) is 83.4 cm³/mol. The van der Waals surface area contributed by atoms with E-state index in [-0.39, 0.29) is 0 Å². The number of hydrogen-bond donors (Lipinski definition) is 1. The van der Waals surface area contributed by atoms with Crippen LogP contribution in [0.3, 0.4) is 0 Å². The Labute approximate surface area is 130 Å². The van der Waals surface area contributed by atoms with Crippen molar-refractivity contribution in [2.45, 2.75) is 38.8 Å². The smallest absolute Gasteiger partial charge is 0.360 e. The maximum Gasteiger partial charge on any atom is 0.416 e. The van der Waals surface area contributed by atoms with Crippen LogP contribution in [0.15, 0.2) is 24.3 Å². The van der Waals surface area contributed by atoms with Gasteiger partial charge in [0.15, 0.2) is 0 Å². The molecular weight excluding hydrogens is 289 g/mol. The van der Waals surface area contributed by atoms with Gasteiger partial charge in [0.05, 0.1) is 38.3 Å². The second-order valence-electron chi connectivity index (χ2n) is 6.10. The molecule has 1 heterocycles. The number of unbranched alkanes of at least 4 members (excludes halogenated alkanes) is 3. The second-order valence-corrected chi connectivity index (χ2v) is 6.10. The van der Waals surface area contributed by atoms with Crippen LogP contribution in [-0.2, 0) is 6.18 Å². The fourth-order valence-electron chi connectivity index (χ4n) is 3.01. The standard InChI is InChI=1S/C17H25F3N2/c1-2-3-4-5-9-21-10-12-22(13-11-21)16-8-6-7-15(14-16)17(18,19)20/h6-8,14H,2-5,9-13H2,1H3/p+1. The van der Waals surface area contributed by atoms with Gasteiger partial charge in [0, 0.05) is 5.69 Å². The molecule has 22 heavy (non-hydrogen) atoms. The minimum atomic E-state index is -4.26. The zero-order valence-electron chi connectivity index (χ0n) is 13.3. The maximum atomic E-state index is 12.8. The molecule has 0 spiro atoms. The summed E-state index contributed by atoms with van der Waals surface area (Å²) in [7, 11) is 0. The van der Waals surface area contributed by atoms with Crippen LogP contribution < -0.4 is 9.80 Å². The lowest BCUT2D eigenvalue weighted by molar-refractivity contribution is -0.900. The van der Waals surface area contributed by atoms with E-state index < -0.39 is 11.7 Å². The van der Waals surface area contributed by atoms with Crippen molar-refractivity contribution in [2.75, 3.05) is 37.6 Å². The molecule has 0 aromatic heterocycles. The van der Waals surface area contributed by atoms with Gasteiger partial charge in [-0.25, -0.2) is 0 Å². The molecule has 0 saturated carbocycles. The molecule has 0 unspecified atom stereocenters. The van der Waals surface area contributed by atoms with Gasteiger partial charge in [-0.2, -0.15) is 13.2 Å². The number of halogens is 3. The van der Waals surface area contributed by atoms with Gasteiger partial charge in [0.25, 0.3) is 0 Å². The average Bonchev–Trinajstić information content (AvgIpc) is 2.51. The molecule has 1 fully saturated rings. The third kappa shape index (κ3) is 4.90. The summed E-state index contributed by atoms with van der Waals surface area (Å²) in [4.78, 5) is 3.66. The molecule has 2 nitrogen and oxygen atoms in total. The van der Waals surface area contributed by atoms with Gasteiger partial charge >= 0.3 is 6.18 Å². The van der Waals surface area contributed by atoms with Gasteiger partial charge < -0.3 is 9.80 Å². The molecule has 1 aromatic rings. The van der Waals surface area contributed by atoms with Crippen molar-refractivity contribution in [1.82, 2.24) is 0 Å². The molecule has 1 aromatic carbocycles. The Kier molecular flexibility index (Phi) is 6.12. The number of benzene rings is 1. The van der Waals surface area contributed by atoms with Crippen molar-refractivity contribution < 1.29 is 18.1 Å². The molecule has 0 amide bonds. The minimum Gasteiger partial charge on any atom is -0.360 e. The topological polar surface area (TPSA) is 7.68 Å². The van der Waals surface area contributed by atoms with Gasteiger partial charge in [0.1, 0.15) is 0 Å². The van der Waals surface area contributed by atoms with Gasteiger partial charge in [-0.1, -0.05) is 25.8 Å². The lowest BCUT2D eigenvalue weighted by Crippen LogP contribution is -3.14. The van der Waals surface area contributed by atoms with Crippen molar-refractivity contribution in [1.29, 1.82) is 0 Å². The summed E-state index contributed by atoms with van der Waals surface area (Å²) in [5, 5.41) is 0. The molecule has 1 aliphatic heterocycles. The highest BCUT2D eigenvalue weighted by molar-refractivity contribution is 5.49. The number of anilines is 1. The Bertz CT molecular complexity index is 451. The van der Waals surface area contributed by atoms with E-state index >= 15 is 0 Å². The molecule has 0 radical (unpaired) electrons. The fraction of sp³-hybridized carbons (Fsp3) is 0.647. The molecular formula is C17H26F3N2+. The first kappa shape index (κ1) is 17.1. The van der Waals surface area contributed by atoms with Crippen LogP contribution in [0.2, 0.25) is 0 Å². The number of nitrogens with one attached hydrogen (secondary N) is 1. The predicted octanol–water partition coefficient (Wildman–Crippen LogP) is 2.99. The summed E-state index contributed by atoms with van der Waals surface area (Å²) in [6.07, 6.45) is 0.828. The van der Waals surface area contributed by atoms with Crippen molar-refractivity contribution in [3.05, 3.63) is 29.8 Å². The first-order valence-electron chi connectivity index (χ1n) is 8.26. The SMILES string of the molecule is CCCCCC[NH+]1CCN(c2cccc(C(F)(F)F)c2)CC1. The number of alkyl halides is 3. The molecule has 124 valence electrons. The zero-order valence-corrected chi connectivity index (χ0v) is 13.3. The third-order valence-electron chi connectivity index (χ3n) is 4.39. The van der Waals surface area contributed by atoms with E-state index in [4.69, 9.17) is 0 Å². The highest BCUT2D eigenvalue weighted by atomic mass is 19.4. The minimum absolute atomic E-state index is 0.556. The average molecular weight is 315 g/mol. The molecule has 1 N–H and O–H groups in total. The summed E-state index contributed by atoms with van der Waals surface area (Å²) in [6.45, 7) is 7.11. The Morgan fingerprint density at radius 3 is 2.45 bits per heavy atom. The van der Waals surface area contributed by atoms with Crippen LogP contribution >= 0.6 is 0 Å². The second kappa shape index (κ2) is 7.86. The van der Waals surface area contributed by atoms with E-state index in [1.807, 2.05) is 0 Å². The Morgan fingerprint density at radius 2 is 1.82 bits per heavy atom. The summed E-state index contributed by atoms with van der Waals surface area (Å²) in [6, 6.07) is 5.69. The summed E-state index contributed by atoms with van der Waals surface area (Å²) >= 11 is 0. The van der Waals surface area contributed by atoms with Crippen LogP contribution in [0.5, 0.6) is 0 Å². The number of nitrogens with zero attached hydrogens (tertiary/aromatic N) is 1. The van der Waals surface area contributed by atoms with Gasteiger partial charge in [0.2, 0.25) is 0 Å². The Hall–Kier alpha value is -1.23. The van der Waals surface area contributed by atoms with E-state index in [0.717, 1.165) is 32.2 Å². The maximum absolute atomic E-state index is 12.8. The largest absolute Gasteiger partial charge is 0.416 e. The molecule has 1 saturated heterocycles. The number of quaternary nitrogens is 1. The first-order chi connectivity index (χ1) is 10.5. The van der Waals surface area contributed by atoms with Crippen LogP contribution in [-0.4, -0.2) is 32.7 Å². The van der Waals surface area contributed by atoms with Crippen LogP contribution in [0.25, 0.3) is 0 Å². The summed E-state index contributed by atoms with van der Waals surface area (Å²) < 4.78 is 38.3. The van der Waals surface area contributed by atoms with Crippen molar-refractivity contribution >= 4 is 5.69 Å². The molecule has 0 aliphatic carbocycles. The van der Waals surface area contributed by atoms with Gasteiger partial charge in [-0.05, 0) is 31.0 Å². The highest BCUT2D eigenvalue weighted by Crippen LogP contribution is 2.31. The van der Waals surface area contributed by atoms with E-state index in [9.17, 15) is 13.2 Å². The van der Waals surface area contributed by atoms with Gasteiger partial charge in [-0.15, -0.1) is 0 Å². The summed E-state index contributed by atoms with van der Waals surface area (Å²) in [5.74, 6) is 0. The van der Waals surface area contributed by atoms with E-state index in [1.54, 1.807) is 11.0 Å². The number of piperazine rings is 1. The third-order valence-corrected chi connectivity index (χ3v) is 4.39. The van der Waals surface area contributed by atoms with E-state index in [1.165, 1.54) is 44.4 Å². The van der Waals surface area contributed by atoms with Crippen LogP contribution in [0.4, 0.5) is 18.9 Å². The van der Waals surface area contributed by atoms with E-state index in [0.29, 0.717) is 5.69 Å². The van der Waals surface area contributed by atoms with Crippen LogP contribution in [0, 0.1) is 0 Å². The number of rotatable bonds is 6. The monoisotopic (exact) mass is 315 g/mol. The highest BCUT2D eigenvalue weighted by Gasteiger charge is 2.31. The molecule has 0 bridgehead atoms. The normalized spacial score (nSPS) is 17.0. The zero-order chi connectivity index (χ0) is 16.0. The number of hydrogen-bond acceptors (Lipinski definition) is 1. The first-order valence-corrected chi connectivity index (χ1v) is 8.26. The molecule has 1 aliphatic rings. The van der Waals surface area contributed by atoms with E-state index in [2.05, 4.69) is 11.8 Å². The summed E-state index contributed by atoms with van der Waals surface area (Å²) in [5.41, 5.74) is 0.138. The molecule has 2 rings (SSSR count). The Balaban J connectivity index is 1.84. The van der Waals surface area contributed by atoms with Gasteiger partial charge in [-0.3, -0.25) is 0 Å². The Morgan fingerprint density at radius 1 is 1.09 bits per heavy atom.